The number of nitrogens with zero attached hydrogens (tertiary/aromatic N) is 1. The molecular weight excluding hydrogens is 230 g/mol. The average Bonchev–Trinajstić information content (AvgIpc) is 2.25. The lowest BCUT2D eigenvalue weighted by molar-refractivity contribution is -0.129. The van der Waals surface area contributed by atoms with E-state index in [9.17, 15) is 9.59 Å². The van der Waals surface area contributed by atoms with Crippen LogP contribution in [0, 0.1) is 5.92 Å². The van der Waals surface area contributed by atoms with Gasteiger partial charge < -0.3 is 15.5 Å². The van der Waals surface area contributed by atoms with Crippen molar-refractivity contribution in [2.75, 3.05) is 27.2 Å². The summed E-state index contributed by atoms with van der Waals surface area (Å²) in [7, 11) is 3.97. The van der Waals surface area contributed by atoms with E-state index in [-0.39, 0.29) is 30.3 Å². The van der Waals surface area contributed by atoms with Gasteiger partial charge in [-0.05, 0) is 47.3 Å². The van der Waals surface area contributed by atoms with E-state index >= 15 is 0 Å². The van der Waals surface area contributed by atoms with E-state index < -0.39 is 0 Å². The quantitative estimate of drug-likeness (QED) is 0.669. The minimum atomic E-state index is -0.138. The molecule has 5 nitrogen and oxygen atoms in total. The molecule has 1 unspecified atom stereocenters. The zero-order valence-corrected chi connectivity index (χ0v) is 12.2. The van der Waals surface area contributed by atoms with Gasteiger partial charge in [-0.2, -0.15) is 0 Å². The fourth-order valence-electron chi connectivity index (χ4n) is 1.62. The summed E-state index contributed by atoms with van der Waals surface area (Å²) in [5, 5.41) is 5.44. The van der Waals surface area contributed by atoms with Crippen molar-refractivity contribution >= 4 is 11.8 Å². The van der Waals surface area contributed by atoms with Gasteiger partial charge in [0.05, 0.1) is 6.54 Å². The summed E-state index contributed by atoms with van der Waals surface area (Å²) in [6.07, 6.45) is 1.62. The molecule has 18 heavy (non-hydrogen) atoms. The third-order valence-corrected chi connectivity index (χ3v) is 2.66. The summed E-state index contributed by atoms with van der Waals surface area (Å²) in [6.45, 7) is 6.73. The van der Waals surface area contributed by atoms with Crippen LogP contribution < -0.4 is 10.6 Å². The lowest BCUT2D eigenvalue weighted by Gasteiger charge is -2.17. The maximum absolute atomic E-state index is 11.9. The number of carbonyl (C=O) groups excluding carboxylic acids is 2. The Hall–Kier alpha value is -1.10. The zero-order chi connectivity index (χ0) is 14.1. The average molecular weight is 257 g/mol. The van der Waals surface area contributed by atoms with Crippen LogP contribution >= 0.6 is 0 Å². The Morgan fingerprint density at radius 1 is 1.22 bits per heavy atom. The Bertz CT molecular complexity index is 265. The number of hydrogen-bond donors (Lipinski definition) is 2. The first-order valence-electron chi connectivity index (χ1n) is 6.58. The van der Waals surface area contributed by atoms with Crippen LogP contribution in [0.1, 0.15) is 33.6 Å². The van der Waals surface area contributed by atoms with E-state index in [1.54, 1.807) is 0 Å². The monoisotopic (exact) mass is 257 g/mol. The highest BCUT2D eigenvalue weighted by molar-refractivity contribution is 5.85. The highest BCUT2D eigenvalue weighted by atomic mass is 16.2. The third kappa shape index (κ3) is 8.06. The van der Waals surface area contributed by atoms with E-state index in [0.717, 1.165) is 19.4 Å². The van der Waals surface area contributed by atoms with Crippen molar-refractivity contribution < 1.29 is 9.59 Å². The highest BCUT2D eigenvalue weighted by Gasteiger charge is 2.17. The number of amides is 2. The Morgan fingerprint density at radius 2 is 1.83 bits per heavy atom. The SMILES string of the molecule is CCC(CCN(C)C)C(=O)NCC(=O)NC(C)C. The van der Waals surface area contributed by atoms with E-state index in [1.165, 1.54) is 0 Å². The molecule has 2 N–H and O–H groups in total. The van der Waals surface area contributed by atoms with Crippen molar-refractivity contribution in [3.8, 4) is 0 Å². The number of carbonyl (C=O) groups is 2. The van der Waals surface area contributed by atoms with Gasteiger partial charge in [0.25, 0.3) is 0 Å². The van der Waals surface area contributed by atoms with Gasteiger partial charge >= 0.3 is 0 Å². The smallest absolute Gasteiger partial charge is 0.239 e. The van der Waals surface area contributed by atoms with Gasteiger partial charge in [0.15, 0.2) is 0 Å². The zero-order valence-electron chi connectivity index (χ0n) is 12.2. The summed E-state index contributed by atoms with van der Waals surface area (Å²) in [5.41, 5.74) is 0. The second-order valence-corrected chi connectivity index (χ2v) is 5.14. The van der Waals surface area contributed by atoms with Gasteiger partial charge in [0.2, 0.25) is 11.8 Å². The molecule has 0 aromatic rings. The molecule has 0 aliphatic heterocycles. The first-order chi connectivity index (χ1) is 8.36. The molecule has 0 bridgehead atoms. The molecule has 0 heterocycles. The maximum atomic E-state index is 11.9. The molecule has 0 aromatic carbocycles. The topological polar surface area (TPSA) is 61.4 Å². The van der Waals surface area contributed by atoms with Gasteiger partial charge in [-0.15, -0.1) is 0 Å². The van der Waals surface area contributed by atoms with Gasteiger partial charge in [0, 0.05) is 12.0 Å². The van der Waals surface area contributed by atoms with Crippen molar-refractivity contribution in [3.05, 3.63) is 0 Å². The maximum Gasteiger partial charge on any atom is 0.239 e. The first kappa shape index (κ1) is 16.9. The normalized spacial score (nSPS) is 12.6. The molecule has 0 rings (SSSR count). The molecule has 0 radical (unpaired) electrons. The number of hydrogen-bond acceptors (Lipinski definition) is 3. The lowest BCUT2D eigenvalue weighted by Crippen LogP contribution is -2.42. The molecule has 0 spiro atoms. The molecule has 0 aliphatic carbocycles. The van der Waals surface area contributed by atoms with Crippen molar-refractivity contribution in [1.82, 2.24) is 15.5 Å². The van der Waals surface area contributed by atoms with Crippen LogP contribution in [-0.2, 0) is 9.59 Å². The minimum absolute atomic E-state index is 0.0146. The summed E-state index contributed by atoms with van der Waals surface area (Å²) < 4.78 is 0. The fraction of sp³-hybridized carbons (Fsp3) is 0.846. The van der Waals surface area contributed by atoms with Crippen molar-refractivity contribution in [2.45, 2.75) is 39.7 Å². The van der Waals surface area contributed by atoms with Crippen molar-refractivity contribution in [3.63, 3.8) is 0 Å². The molecule has 0 fully saturated rings. The van der Waals surface area contributed by atoms with Crippen LogP contribution in [0.3, 0.4) is 0 Å². The van der Waals surface area contributed by atoms with Gasteiger partial charge in [-0.25, -0.2) is 0 Å². The molecular formula is C13H27N3O2. The first-order valence-corrected chi connectivity index (χ1v) is 6.58. The molecule has 106 valence electrons. The summed E-state index contributed by atoms with van der Waals surface area (Å²) in [4.78, 5) is 25.3. The predicted molar refractivity (Wildman–Crippen MR) is 73.2 cm³/mol. The molecule has 0 saturated carbocycles. The minimum Gasteiger partial charge on any atom is -0.352 e. The molecule has 0 aliphatic rings. The molecule has 2 amide bonds. The van der Waals surface area contributed by atoms with Crippen molar-refractivity contribution in [2.24, 2.45) is 5.92 Å². The number of rotatable bonds is 8. The third-order valence-electron chi connectivity index (χ3n) is 2.66. The Morgan fingerprint density at radius 3 is 2.28 bits per heavy atom. The summed E-state index contributed by atoms with van der Waals surface area (Å²) >= 11 is 0. The van der Waals surface area contributed by atoms with E-state index in [2.05, 4.69) is 15.5 Å². The van der Waals surface area contributed by atoms with Crippen molar-refractivity contribution in [1.29, 1.82) is 0 Å². The number of nitrogens with one attached hydrogen (secondary N) is 2. The lowest BCUT2D eigenvalue weighted by atomic mass is 10.0. The standard InChI is InChI=1S/C13H27N3O2/c1-6-11(7-8-16(4)5)13(18)14-9-12(17)15-10(2)3/h10-11H,6-9H2,1-5H3,(H,14,18)(H,15,17). The van der Waals surface area contributed by atoms with Gasteiger partial charge in [0.1, 0.15) is 0 Å². The van der Waals surface area contributed by atoms with Gasteiger partial charge in [-0.1, -0.05) is 6.92 Å². The molecule has 0 saturated heterocycles. The Labute approximate surface area is 110 Å². The highest BCUT2D eigenvalue weighted by Crippen LogP contribution is 2.08. The van der Waals surface area contributed by atoms with Crippen LogP contribution in [0.15, 0.2) is 0 Å². The largest absolute Gasteiger partial charge is 0.352 e. The van der Waals surface area contributed by atoms with Crippen LogP contribution in [0.4, 0.5) is 0 Å². The van der Waals surface area contributed by atoms with Crippen LogP contribution in [0.2, 0.25) is 0 Å². The van der Waals surface area contributed by atoms with Crippen LogP contribution in [-0.4, -0.2) is 49.9 Å². The summed E-state index contributed by atoms with van der Waals surface area (Å²) in [6, 6.07) is 0.102. The molecule has 0 aromatic heterocycles. The van der Waals surface area contributed by atoms with E-state index in [4.69, 9.17) is 0 Å². The van der Waals surface area contributed by atoms with E-state index in [1.807, 2.05) is 34.9 Å². The second-order valence-electron chi connectivity index (χ2n) is 5.14. The molecule has 1 atom stereocenters. The fourth-order valence-corrected chi connectivity index (χ4v) is 1.62. The summed E-state index contributed by atoms with van der Waals surface area (Å²) in [5.74, 6) is -0.182. The Balaban J connectivity index is 4.00. The van der Waals surface area contributed by atoms with Crippen LogP contribution in [0.25, 0.3) is 0 Å². The van der Waals surface area contributed by atoms with Gasteiger partial charge in [-0.3, -0.25) is 9.59 Å². The van der Waals surface area contributed by atoms with E-state index in [0.29, 0.717) is 0 Å². The second kappa shape index (κ2) is 8.91. The molecule has 5 heteroatoms. The Kier molecular flexibility index (Phi) is 8.37. The van der Waals surface area contributed by atoms with Crippen LogP contribution in [0.5, 0.6) is 0 Å². The predicted octanol–water partition coefficient (Wildman–Crippen LogP) is 0.605.